The number of carbonyl (C=O) groups excluding carboxylic acids is 1. The summed E-state index contributed by atoms with van der Waals surface area (Å²) in [5.74, 6) is -1.12. The van der Waals surface area contributed by atoms with E-state index in [1.807, 2.05) is 42.5 Å². The Morgan fingerprint density at radius 1 is 1.13 bits per heavy atom. The van der Waals surface area contributed by atoms with E-state index < -0.39 is 18.2 Å². The van der Waals surface area contributed by atoms with Crippen LogP contribution in [0.15, 0.2) is 53.3 Å². The number of ether oxygens (including phenoxy) is 2. The standard InChI is InChI=1S/C23H25BrN2O5/c24-21-19(10-5-11-25-21)23(31-15-20(27)28)17-8-4-9-18(23)13-26(12-17)22(29)30-14-16-6-2-1-3-7-16/h1-3,5-7,10-11,17-18H,4,8-9,12-15H2,(H,27,28). The number of fused-ring (bicyclic) bond motifs is 2. The molecule has 2 fully saturated rings. The molecule has 1 saturated carbocycles. The zero-order chi connectivity index (χ0) is 21.8. The van der Waals surface area contributed by atoms with Gasteiger partial charge >= 0.3 is 12.1 Å². The number of benzene rings is 1. The highest BCUT2D eigenvalue weighted by atomic mass is 79.9. The predicted molar refractivity (Wildman–Crippen MR) is 116 cm³/mol. The van der Waals surface area contributed by atoms with Crippen molar-refractivity contribution in [1.82, 2.24) is 9.88 Å². The number of hydrogen-bond acceptors (Lipinski definition) is 5. The largest absolute Gasteiger partial charge is 0.480 e. The normalized spacial score (nSPS) is 25.1. The lowest BCUT2D eigenvalue weighted by Gasteiger charge is -2.55. The Morgan fingerprint density at radius 3 is 2.48 bits per heavy atom. The summed E-state index contributed by atoms with van der Waals surface area (Å²) in [6.07, 6.45) is 4.01. The summed E-state index contributed by atoms with van der Waals surface area (Å²) in [4.78, 5) is 30.3. The van der Waals surface area contributed by atoms with Gasteiger partial charge in [-0.05, 0) is 40.4 Å². The Balaban J connectivity index is 1.57. The molecular weight excluding hydrogens is 464 g/mol. The summed E-state index contributed by atoms with van der Waals surface area (Å²) in [6, 6.07) is 13.4. The van der Waals surface area contributed by atoms with Crippen LogP contribution in [-0.2, 0) is 26.5 Å². The average molecular weight is 489 g/mol. The van der Waals surface area contributed by atoms with E-state index in [0.29, 0.717) is 17.7 Å². The van der Waals surface area contributed by atoms with Crippen LogP contribution in [0.25, 0.3) is 0 Å². The van der Waals surface area contributed by atoms with Crippen LogP contribution in [0.4, 0.5) is 4.79 Å². The van der Waals surface area contributed by atoms with Crippen molar-refractivity contribution >= 4 is 28.0 Å². The smallest absolute Gasteiger partial charge is 0.410 e. The van der Waals surface area contributed by atoms with E-state index in [-0.39, 0.29) is 24.5 Å². The molecule has 31 heavy (non-hydrogen) atoms. The summed E-state index contributed by atoms with van der Waals surface area (Å²) in [5, 5.41) is 9.32. The number of rotatable bonds is 6. The monoisotopic (exact) mass is 488 g/mol. The van der Waals surface area contributed by atoms with Crippen LogP contribution in [0.3, 0.4) is 0 Å². The number of halogens is 1. The molecule has 1 aliphatic heterocycles. The lowest BCUT2D eigenvalue weighted by atomic mass is 9.62. The van der Waals surface area contributed by atoms with Gasteiger partial charge in [-0.15, -0.1) is 0 Å². The van der Waals surface area contributed by atoms with Gasteiger partial charge < -0.3 is 19.5 Å². The fraction of sp³-hybridized carbons (Fsp3) is 0.435. The van der Waals surface area contributed by atoms with Crippen LogP contribution in [0, 0.1) is 11.8 Å². The predicted octanol–water partition coefficient (Wildman–Crippen LogP) is 4.21. The maximum atomic E-state index is 12.8. The first-order valence-corrected chi connectivity index (χ1v) is 11.2. The molecule has 2 unspecified atom stereocenters. The van der Waals surface area contributed by atoms with Crippen molar-refractivity contribution in [2.75, 3.05) is 19.7 Å². The molecule has 8 heteroatoms. The number of pyridine rings is 1. The summed E-state index contributed by atoms with van der Waals surface area (Å²) in [5.41, 5.74) is 0.981. The molecule has 2 aromatic rings. The molecular formula is C23H25BrN2O5. The molecule has 164 valence electrons. The molecule has 1 saturated heterocycles. The number of aliphatic carboxylic acids is 1. The molecule has 2 aliphatic rings. The molecule has 7 nitrogen and oxygen atoms in total. The number of piperidine rings is 1. The molecule has 1 aromatic carbocycles. The fourth-order valence-electron chi connectivity index (χ4n) is 5.00. The summed E-state index contributed by atoms with van der Waals surface area (Å²) >= 11 is 3.53. The zero-order valence-electron chi connectivity index (χ0n) is 17.1. The van der Waals surface area contributed by atoms with E-state index in [2.05, 4.69) is 20.9 Å². The first-order valence-electron chi connectivity index (χ1n) is 10.4. The molecule has 4 rings (SSSR count). The van der Waals surface area contributed by atoms with Gasteiger partial charge in [0.15, 0.2) is 0 Å². The molecule has 1 aliphatic carbocycles. The number of nitrogens with zero attached hydrogens (tertiary/aromatic N) is 2. The van der Waals surface area contributed by atoms with Gasteiger partial charge in [0.1, 0.15) is 23.4 Å². The SMILES string of the molecule is O=C(O)COC1(c2cccnc2Br)C2CCCC1CN(C(=O)OCc1ccccc1)C2. The van der Waals surface area contributed by atoms with E-state index in [9.17, 15) is 14.7 Å². The van der Waals surface area contributed by atoms with Crippen molar-refractivity contribution in [3.63, 3.8) is 0 Å². The molecule has 1 aromatic heterocycles. The third-order valence-electron chi connectivity index (χ3n) is 6.28. The van der Waals surface area contributed by atoms with Gasteiger partial charge in [-0.2, -0.15) is 0 Å². The lowest BCUT2D eigenvalue weighted by molar-refractivity contribution is -0.192. The van der Waals surface area contributed by atoms with Gasteiger partial charge in [-0.1, -0.05) is 42.8 Å². The van der Waals surface area contributed by atoms with Gasteiger partial charge in [0, 0.05) is 36.7 Å². The van der Waals surface area contributed by atoms with Crippen LogP contribution < -0.4 is 0 Å². The quantitative estimate of drug-likeness (QED) is 0.612. The van der Waals surface area contributed by atoms with Gasteiger partial charge in [0.2, 0.25) is 0 Å². The molecule has 1 amide bonds. The summed E-state index contributed by atoms with van der Waals surface area (Å²) in [6.45, 7) is 0.725. The maximum Gasteiger partial charge on any atom is 0.410 e. The Kier molecular flexibility index (Phi) is 6.57. The van der Waals surface area contributed by atoms with Crippen LogP contribution in [0.2, 0.25) is 0 Å². The Hall–Kier alpha value is -2.45. The topological polar surface area (TPSA) is 89.0 Å². The number of carboxylic acid groups (broad SMARTS) is 1. The number of carboxylic acids is 1. The molecule has 0 radical (unpaired) electrons. The summed E-state index contributed by atoms with van der Waals surface area (Å²) in [7, 11) is 0. The first-order chi connectivity index (χ1) is 15.0. The van der Waals surface area contributed by atoms with E-state index >= 15 is 0 Å². The zero-order valence-corrected chi connectivity index (χ0v) is 18.7. The van der Waals surface area contributed by atoms with Gasteiger partial charge in [-0.3, -0.25) is 0 Å². The van der Waals surface area contributed by atoms with Gasteiger partial charge in [0.05, 0.1) is 0 Å². The highest BCUT2D eigenvalue weighted by Crippen LogP contribution is 2.53. The summed E-state index contributed by atoms with van der Waals surface area (Å²) < 4.78 is 12.4. The highest BCUT2D eigenvalue weighted by molar-refractivity contribution is 9.10. The molecule has 2 atom stereocenters. The van der Waals surface area contributed by atoms with E-state index in [4.69, 9.17) is 9.47 Å². The Morgan fingerprint density at radius 2 is 1.84 bits per heavy atom. The second-order valence-electron chi connectivity index (χ2n) is 8.09. The number of amides is 1. The molecule has 2 bridgehead atoms. The van der Waals surface area contributed by atoms with E-state index in [0.717, 1.165) is 30.4 Å². The number of hydrogen-bond donors (Lipinski definition) is 1. The van der Waals surface area contributed by atoms with Crippen LogP contribution in [-0.4, -0.2) is 46.7 Å². The molecule has 2 heterocycles. The van der Waals surface area contributed by atoms with Crippen molar-refractivity contribution in [3.8, 4) is 0 Å². The lowest BCUT2D eigenvalue weighted by Crippen LogP contribution is -2.61. The fourth-order valence-corrected chi connectivity index (χ4v) is 5.57. The second kappa shape index (κ2) is 9.36. The minimum atomic E-state index is -1.01. The second-order valence-corrected chi connectivity index (χ2v) is 8.84. The van der Waals surface area contributed by atoms with Crippen molar-refractivity contribution in [2.24, 2.45) is 11.8 Å². The van der Waals surface area contributed by atoms with E-state index in [1.54, 1.807) is 11.1 Å². The average Bonchev–Trinajstić information content (AvgIpc) is 2.76. The number of likely N-dealkylation sites (tertiary alicyclic amines) is 1. The first kappa shape index (κ1) is 21.8. The Labute approximate surface area is 189 Å². The third kappa shape index (κ3) is 4.45. The maximum absolute atomic E-state index is 12.8. The number of aromatic nitrogens is 1. The molecule has 1 N–H and O–H groups in total. The van der Waals surface area contributed by atoms with Crippen molar-refractivity contribution < 1.29 is 24.2 Å². The third-order valence-corrected chi connectivity index (χ3v) is 6.91. The van der Waals surface area contributed by atoms with Crippen LogP contribution in [0.5, 0.6) is 0 Å². The number of carbonyl (C=O) groups is 2. The minimum Gasteiger partial charge on any atom is -0.480 e. The van der Waals surface area contributed by atoms with Crippen molar-refractivity contribution in [3.05, 3.63) is 64.4 Å². The van der Waals surface area contributed by atoms with Crippen molar-refractivity contribution in [1.29, 1.82) is 0 Å². The van der Waals surface area contributed by atoms with Crippen molar-refractivity contribution in [2.45, 2.75) is 31.5 Å². The van der Waals surface area contributed by atoms with Gasteiger partial charge in [-0.25, -0.2) is 14.6 Å². The van der Waals surface area contributed by atoms with Crippen LogP contribution in [0.1, 0.15) is 30.4 Å². The van der Waals surface area contributed by atoms with Crippen LogP contribution >= 0.6 is 15.9 Å². The van der Waals surface area contributed by atoms with Gasteiger partial charge in [0.25, 0.3) is 0 Å². The minimum absolute atomic E-state index is 0.0517. The highest BCUT2D eigenvalue weighted by Gasteiger charge is 2.55. The molecule has 0 spiro atoms. The van der Waals surface area contributed by atoms with E-state index in [1.165, 1.54) is 0 Å². The Bertz CT molecular complexity index is 925.